The molecule has 0 fully saturated rings. The van der Waals surface area contributed by atoms with Gasteiger partial charge in [0.15, 0.2) is 11.5 Å². The van der Waals surface area contributed by atoms with Gasteiger partial charge in [0.2, 0.25) is 0 Å². The number of hydrogen-bond acceptors (Lipinski definition) is 5. The Labute approximate surface area is 172 Å². The quantitative estimate of drug-likeness (QED) is 0.504. The maximum absolute atomic E-state index is 12.8. The Balaban J connectivity index is 1.59. The van der Waals surface area contributed by atoms with Crippen LogP contribution in [0.15, 0.2) is 72.9 Å². The summed E-state index contributed by atoms with van der Waals surface area (Å²) in [6.45, 7) is 2.27. The summed E-state index contributed by atoms with van der Waals surface area (Å²) < 4.78 is 1.96. The fourth-order valence-electron chi connectivity index (χ4n) is 3.47. The van der Waals surface area contributed by atoms with Crippen LogP contribution in [0.3, 0.4) is 0 Å². The van der Waals surface area contributed by atoms with Crippen LogP contribution in [0.25, 0.3) is 28.1 Å². The Kier molecular flexibility index (Phi) is 4.40. The topological polar surface area (TPSA) is 85.1 Å². The van der Waals surface area contributed by atoms with Crippen molar-refractivity contribution in [1.29, 1.82) is 0 Å². The van der Waals surface area contributed by atoms with Gasteiger partial charge in [-0.1, -0.05) is 36.4 Å². The molecule has 0 bridgehead atoms. The van der Waals surface area contributed by atoms with Crippen molar-refractivity contribution in [3.8, 4) is 11.4 Å². The van der Waals surface area contributed by atoms with E-state index in [2.05, 4.69) is 25.5 Å². The second kappa shape index (κ2) is 7.36. The Hall–Kier alpha value is -4.13. The number of nitrogens with zero attached hydrogens (tertiary/aromatic N) is 5. The minimum absolute atomic E-state index is 0.175. The number of benzene rings is 2. The number of aryl methyl sites for hydroxylation is 1. The van der Waals surface area contributed by atoms with Gasteiger partial charge >= 0.3 is 0 Å². The van der Waals surface area contributed by atoms with Gasteiger partial charge in [-0.15, -0.1) is 10.2 Å². The van der Waals surface area contributed by atoms with E-state index in [9.17, 15) is 4.79 Å². The first kappa shape index (κ1) is 17.9. The number of pyridine rings is 1. The molecular formula is C23H18N6O. The monoisotopic (exact) mass is 394 g/mol. The number of carbonyl (C=O) groups is 1. The third-order valence-electron chi connectivity index (χ3n) is 4.94. The van der Waals surface area contributed by atoms with Crippen LogP contribution in [0, 0.1) is 6.92 Å². The van der Waals surface area contributed by atoms with Crippen LogP contribution < -0.4 is 5.32 Å². The van der Waals surface area contributed by atoms with Gasteiger partial charge in [0.05, 0.1) is 29.0 Å². The summed E-state index contributed by atoms with van der Waals surface area (Å²) in [5.74, 6) is 0.540. The molecule has 0 radical (unpaired) electrons. The van der Waals surface area contributed by atoms with Gasteiger partial charge in [-0.2, -0.15) is 0 Å². The Morgan fingerprint density at radius 2 is 1.83 bits per heavy atom. The molecule has 7 heteroatoms. The lowest BCUT2D eigenvalue weighted by atomic mass is 10.1. The zero-order chi connectivity index (χ0) is 20.5. The molecule has 146 valence electrons. The molecule has 3 aromatic heterocycles. The zero-order valence-electron chi connectivity index (χ0n) is 16.3. The summed E-state index contributed by atoms with van der Waals surface area (Å²) in [7, 11) is 0. The van der Waals surface area contributed by atoms with Crippen molar-refractivity contribution in [2.75, 3.05) is 0 Å². The summed E-state index contributed by atoms with van der Waals surface area (Å²) in [6, 6.07) is 20.9. The summed E-state index contributed by atoms with van der Waals surface area (Å²) in [5.41, 5.74) is 5.30. The highest BCUT2D eigenvalue weighted by Crippen LogP contribution is 2.25. The van der Waals surface area contributed by atoms with Crippen LogP contribution >= 0.6 is 0 Å². The first-order chi connectivity index (χ1) is 14.7. The molecule has 7 nitrogen and oxygen atoms in total. The van der Waals surface area contributed by atoms with Crippen LogP contribution in [0.1, 0.15) is 21.7 Å². The third-order valence-corrected chi connectivity index (χ3v) is 4.94. The predicted octanol–water partition coefficient (Wildman–Crippen LogP) is 3.58. The summed E-state index contributed by atoms with van der Waals surface area (Å²) in [6.07, 6.45) is 1.71. The number of nitrogens with one attached hydrogen (secondary N) is 1. The number of aromatic nitrogens is 5. The highest BCUT2D eigenvalue weighted by molar-refractivity contribution is 5.97. The van der Waals surface area contributed by atoms with Crippen LogP contribution in [-0.4, -0.2) is 30.5 Å². The Morgan fingerprint density at radius 1 is 1.00 bits per heavy atom. The number of amides is 1. The first-order valence-electron chi connectivity index (χ1n) is 9.60. The van der Waals surface area contributed by atoms with Crippen molar-refractivity contribution < 1.29 is 4.79 Å². The lowest BCUT2D eigenvalue weighted by molar-refractivity contribution is 0.0950. The van der Waals surface area contributed by atoms with Crippen molar-refractivity contribution in [1.82, 2.24) is 29.9 Å². The van der Waals surface area contributed by atoms with Crippen LogP contribution in [0.4, 0.5) is 0 Å². The van der Waals surface area contributed by atoms with Gasteiger partial charge in [0.1, 0.15) is 0 Å². The number of rotatable bonds is 4. The van der Waals surface area contributed by atoms with Gasteiger partial charge in [-0.3, -0.25) is 14.2 Å². The Bertz CT molecular complexity index is 1360. The van der Waals surface area contributed by atoms with E-state index in [-0.39, 0.29) is 5.91 Å². The maximum atomic E-state index is 12.8. The minimum Gasteiger partial charge on any atom is -0.346 e. The molecule has 0 saturated heterocycles. The molecule has 0 unspecified atom stereocenters. The molecule has 0 saturated carbocycles. The van der Waals surface area contributed by atoms with Gasteiger partial charge < -0.3 is 5.32 Å². The third kappa shape index (κ3) is 3.16. The molecule has 0 spiro atoms. The molecule has 3 heterocycles. The van der Waals surface area contributed by atoms with Crippen LogP contribution in [0.5, 0.6) is 0 Å². The van der Waals surface area contributed by atoms with Gasteiger partial charge in [0, 0.05) is 17.3 Å². The van der Waals surface area contributed by atoms with Crippen LogP contribution in [0.2, 0.25) is 0 Å². The molecule has 2 aromatic carbocycles. The van der Waals surface area contributed by atoms with E-state index in [1.54, 1.807) is 12.3 Å². The minimum atomic E-state index is -0.175. The first-order valence-corrected chi connectivity index (χ1v) is 9.60. The molecular weight excluding hydrogens is 376 g/mol. The molecule has 0 aliphatic rings. The van der Waals surface area contributed by atoms with E-state index in [1.165, 1.54) is 0 Å². The highest BCUT2D eigenvalue weighted by atomic mass is 16.1. The lowest BCUT2D eigenvalue weighted by Crippen LogP contribution is -2.23. The standard InChI is InChI=1S/C23H18N6O/c1-15-21-27-28-22(16-7-3-2-4-8-16)29(21)20-13-17(10-11-19(20)26-15)23(30)25-14-18-9-5-6-12-24-18/h2-13H,14H2,1H3,(H,25,30). The van der Waals surface area contributed by atoms with Crippen molar-refractivity contribution in [2.24, 2.45) is 0 Å². The number of fused-ring (bicyclic) bond motifs is 3. The lowest BCUT2D eigenvalue weighted by Gasteiger charge is -2.09. The van der Waals surface area contributed by atoms with E-state index in [1.807, 2.05) is 72.0 Å². The van der Waals surface area contributed by atoms with E-state index < -0.39 is 0 Å². The van der Waals surface area contributed by atoms with Gasteiger partial charge in [0.25, 0.3) is 5.91 Å². The van der Waals surface area contributed by atoms with Crippen LogP contribution in [-0.2, 0) is 6.54 Å². The smallest absolute Gasteiger partial charge is 0.251 e. The second-order valence-electron chi connectivity index (χ2n) is 6.95. The van der Waals surface area contributed by atoms with E-state index in [4.69, 9.17) is 0 Å². The molecule has 1 N–H and O–H groups in total. The maximum Gasteiger partial charge on any atom is 0.251 e. The van der Waals surface area contributed by atoms with E-state index in [0.717, 1.165) is 28.0 Å². The normalized spacial score (nSPS) is 11.1. The number of hydrogen-bond donors (Lipinski definition) is 1. The second-order valence-corrected chi connectivity index (χ2v) is 6.95. The van der Waals surface area contributed by atoms with Gasteiger partial charge in [-0.05, 0) is 37.3 Å². The van der Waals surface area contributed by atoms with E-state index >= 15 is 0 Å². The average Bonchev–Trinajstić information content (AvgIpc) is 3.25. The van der Waals surface area contributed by atoms with Crippen molar-refractivity contribution in [3.63, 3.8) is 0 Å². The zero-order valence-corrected chi connectivity index (χ0v) is 16.3. The molecule has 0 aliphatic carbocycles. The van der Waals surface area contributed by atoms with E-state index in [0.29, 0.717) is 23.6 Å². The molecule has 0 aliphatic heterocycles. The van der Waals surface area contributed by atoms with Gasteiger partial charge in [-0.25, -0.2) is 4.98 Å². The Morgan fingerprint density at radius 3 is 2.63 bits per heavy atom. The summed E-state index contributed by atoms with van der Waals surface area (Å²) in [4.78, 5) is 21.6. The van der Waals surface area contributed by atoms with Crippen molar-refractivity contribution >= 4 is 22.6 Å². The van der Waals surface area contributed by atoms with Crippen molar-refractivity contribution in [2.45, 2.75) is 13.5 Å². The van der Waals surface area contributed by atoms with Crippen molar-refractivity contribution in [3.05, 3.63) is 89.9 Å². The largest absolute Gasteiger partial charge is 0.346 e. The molecule has 30 heavy (non-hydrogen) atoms. The molecule has 0 atom stereocenters. The fraction of sp³-hybridized carbons (Fsp3) is 0.0870. The molecule has 1 amide bonds. The summed E-state index contributed by atoms with van der Waals surface area (Å²) >= 11 is 0. The highest BCUT2D eigenvalue weighted by Gasteiger charge is 2.16. The predicted molar refractivity (Wildman–Crippen MR) is 114 cm³/mol. The molecule has 5 aromatic rings. The SMILES string of the molecule is Cc1nc2ccc(C(=O)NCc3ccccn3)cc2n2c(-c3ccccc3)nnc12. The summed E-state index contributed by atoms with van der Waals surface area (Å²) in [5, 5.41) is 11.6. The average molecular weight is 394 g/mol. The number of carbonyl (C=O) groups excluding carboxylic acids is 1. The molecule has 5 rings (SSSR count). The fourth-order valence-corrected chi connectivity index (χ4v) is 3.47.